The molecule has 0 aliphatic carbocycles. The lowest BCUT2D eigenvalue weighted by molar-refractivity contribution is 0.170. The first-order chi connectivity index (χ1) is 12.8. The van der Waals surface area contributed by atoms with Gasteiger partial charge in [-0.2, -0.15) is 10.2 Å². The van der Waals surface area contributed by atoms with Crippen LogP contribution in [0, 0.1) is 0 Å². The van der Waals surface area contributed by atoms with Crippen LogP contribution in [0.25, 0.3) is 11.3 Å². The minimum absolute atomic E-state index is 0. The predicted octanol–water partition coefficient (Wildman–Crippen LogP) is 3.83. The van der Waals surface area contributed by atoms with Gasteiger partial charge in [0.2, 0.25) is 10.0 Å². The second-order valence-electron chi connectivity index (χ2n) is 7.56. The van der Waals surface area contributed by atoms with Crippen LogP contribution in [0.2, 0.25) is 0 Å². The summed E-state index contributed by atoms with van der Waals surface area (Å²) in [5.41, 5.74) is 2.67. The molecule has 0 spiro atoms. The molecule has 1 fully saturated rings. The van der Waals surface area contributed by atoms with Crippen molar-refractivity contribution >= 4 is 34.8 Å². The third-order valence-corrected chi connectivity index (χ3v) is 7.12. The number of piperidine rings is 1. The Morgan fingerprint density at radius 2 is 1.55 bits per heavy atom. The molecule has 0 N–H and O–H groups in total. The number of sulfonamides is 1. The van der Waals surface area contributed by atoms with Crippen molar-refractivity contribution in [3.8, 4) is 11.3 Å². The average Bonchev–Trinajstić information content (AvgIpc) is 2.68. The van der Waals surface area contributed by atoms with Crippen LogP contribution in [0.3, 0.4) is 0 Å². The molecule has 1 aromatic heterocycles. The van der Waals surface area contributed by atoms with E-state index in [1.807, 2.05) is 6.07 Å². The van der Waals surface area contributed by atoms with Crippen molar-refractivity contribution in [3.05, 3.63) is 42.1 Å². The molecule has 0 amide bonds. The molecule has 0 saturated carbocycles. The molecule has 0 unspecified atom stereocenters. The van der Waals surface area contributed by atoms with Gasteiger partial charge >= 0.3 is 0 Å². The maximum atomic E-state index is 12.2. The molecule has 2 heterocycles. The molecule has 2 aromatic rings. The zero-order valence-electron chi connectivity index (χ0n) is 17.3. The van der Waals surface area contributed by atoms with Gasteiger partial charge < -0.3 is 4.90 Å². The summed E-state index contributed by atoms with van der Waals surface area (Å²) in [6, 6.07) is 11.4. The minimum atomic E-state index is -3.41. The van der Waals surface area contributed by atoms with Crippen molar-refractivity contribution < 1.29 is 8.42 Å². The number of rotatable bonds is 5. The van der Waals surface area contributed by atoms with E-state index < -0.39 is 10.0 Å². The van der Waals surface area contributed by atoms with E-state index in [1.165, 1.54) is 18.4 Å². The normalized spacial score (nSPS) is 15.8. The second kappa shape index (κ2) is 10.7. The summed E-state index contributed by atoms with van der Waals surface area (Å²) in [6.45, 7) is 6.69. The summed E-state index contributed by atoms with van der Waals surface area (Å²) >= 11 is 0. The zero-order valence-corrected chi connectivity index (χ0v) is 19.7. The number of nitrogens with zero attached hydrogens (tertiary/aromatic N) is 4. The van der Waals surface area contributed by atoms with E-state index >= 15 is 0 Å². The van der Waals surface area contributed by atoms with Crippen LogP contribution in [0.1, 0.15) is 38.3 Å². The molecule has 0 radical (unpaired) electrons. The van der Waals surface area contributed by atoms with Crippen LogP contribution in [-0.4, -0.2) is 61.0 Å². The van der Waals surface area contributed by atoms with E-state index in [0.29, 0.717) is 12.0 Å². The fourth-order valence-electron chi connectivity index (χ4n) is 3.43. The first-order valence-electron chi connectivity index (χ1n) is 9.39. The highest BCUT2D eigenvalue weighted by Gasteiger charge is 2.23. The van der Waals surface area contributed by atoms with Crippen LogP contribution in [-0.2, 0) is 10.0 Å². The summed E-state index contributed by atoms with van der Waals surface area (Å²) in [5, 5.41) is 8.83. The number of hydrogen-bond donors (Lipinski definition) is 0. The molecule has 3 rings (SSSR count). The topological polar surface area (TPSA) is 66.4 Å². The monoisotopic (exact) mass is 460 g/mol. The van der Waals surface area contributed by atoms with Gasteiger partial charge in [0.15, 0.2) is 0 Å². The predicted molar refractivity (Wildman–Crippen MR) is 122 cm³/mol. The van der Waals surface area contributed by atoms with Crippen molar-refractivity contribution in [3.63, 3.8) is 0 Å². The Labute approximate surface area is 186 Å². The van der Waals surface area contributed by atoms with Gasteiger partial charge in [-0.3, -0.25) is 0 Å². The summed E-state index contributed by atoms with van der Waals surface area (Å²) in [5.74, 6) is 0.467. The fraction of sp³-hybridized carbons (Fsp3) is 0.500. The van der Waals surface area contributed by atoms with Gasteiger partial charge in [-0.1, -0.05) is 12.1 Å². The fourth-order valence-corrected chi connectivity index (χ4v) is 4.34. The van der Waals surface area contributed by atoms with E-state index in [-0.39, 0.29) is 29.7 Å². The van der Waals surface area contributed by atoms with Gasteiger partial charge in [-0.25, -0.2) is 12.7 Å². The van der Waals surface area contributed by atoms with Crippen LogP contribution in [0.4, 0.5) is 0 Å². The van der Waals surface area contributed by atoms with Gasteiger partial charge in [-0.05, 0) is 64.0 Å². The van der Waals surface area contributed by atoms with Gasteiger partial charge in [0, 0.05) is 31.6 Å². The maximum Gasteiger partial charge on any atom is 0.242 e. The highest BCUT2D eigenvalue weighted by atomic mass is 35.5. The van der Waals surface area contributed by atoms with Crippen LogP contribution in [0.5, 0.6) is 0 Å². The lowest BCUT2D eigenvalue weighted by atomic mass is 9.92. The Bertz CT molecular complexity index is 864. The van der Waals surface area contributed by atoms with E-state index in [9.17, 15) is 8.42 Å². The molecule has 1 aliphatic rings. The number of hydrogen-bond acceptors (Lipinski definition) is 5. The zero-order chi connectivity index (χ0) is 19.6. The minimum Gasteiger partial charge on any atom is -0.301 e. The lowest BCUT2D eigenvalue weighted by Gasteiger charge is -2.34. The first kappa shape index (κ1) is 25.8. The lowest BCUT2D eigenvalue weighted by Crippen LogP contribution is -2.38. The Morgan fingerprint density at radius 3 is 2.00 bits per heavy atom. The van der Waals surface area contributed by atoms with Crippen LogP contribution >= 0.6 is 24.8 Å². The Morgan fingerprint density at radius 1 is 0.966 bits per heavy atom. The van der Waals surface area contributed by atoms with E-state index in [0.717, 1.165) is 42.9 Å². The highest BCUT2D eigenvalue weighted by Crippen LogP contribution is 2.28. The molecular formula is C20H30Cl2N4O2S. The third kappa shape index (κ3) is 5.89. The molecule has 0 bridgehead atoms. The van der Waals surface area contributed by atoms with Crippen LogP contribution < -0.4 is 0 Å². The standard InChI is InChI=1S/C20H28N4O2S.2ClH/c1-15(2)24-13-11-17(12-14-24)20-10-9-19(21-22-20)16-5-7-18(8-6-16)27(25,26)23(3)4;;/h5-10,15,17H,11-14H2,1-4H3;2*1H. The smallest absolute Gasteiger partial charge is 0.242 e. The molecule has 29 heavy (non-hydrogen) atoms. The van der Waals surface area contributed by atoms with Gasteiger partial charge in [-0.15, -0.1) is 24.8 Å². The maximum absolute atomic E-state index is 12.2. The molecule has 6 nitrogen and oxygen atoms in total. The molecule has 162 valence electrons. The van der Waals surface area contributed by atoms with Crippen LogP contribution in [0.15, 0.2) is 41.3 Å². The Hall–Kier alpha value is -1.25. The Balaban J connectivity index is 0.00000210. The molecule has 0 atom stereocenters. The molecule has 1 aromatic carbocycles. The molecular weight excluding hydrogens is 431 g/mol. The summed E-state index contributed by atoms with van der Waals surface area (Å²) in [6.07, 6.45) is 2.23. The Kier molecular flexibility index (Phi) is 9.50. The second-order valence-corrected chi connectivity index (χ2v) is 9.71. The summed E-state index contributed by atoms with van der Waals surface area (Å²) in [7, 11) is -0.361. The molecule has 1 aliphatic heterocycles. The number of aromatic nitrogens is 2. The van der Waals surface area contributed by atoms with E-state index in [1.54, 1.807) is 24.3 Å². The van der Waals surface area contributed by atoms with Gasteiger partial charge in [0.05, 0.1) is 16.3 Å². The first-order valence-corrected chi connectivity index (χ1v) is 10.8. The largest absolute Gasteiger partial charge is 0.301 e. The van der Waals surface area contributed by atoms with Crippen molar-refractivity contribution in [1.29, 1.82) is 0 Å². The number of halogens is 2. The van der Waals surface area contributed by atoms with Gasteiger partial charge in [0.1, 0.15) is 0 Å². The average molecular weight is 461 g/mol. The van der Waals surface area contributed by atoms with Gasteiger partial charge in [0.25, 0.3) is 0 Å². The van der Waals surface area contributed by atoms with Crippen molar-refractivity contribution in [2.24, 2.45) is 0 Å². The number of benzene rings is 1. The molecule has 1 saturated heterocycles. The highest BCUT2D eigenvalue weighted by molar-refractivity contribution is 7.89. The third-order valence-electron chi connectivity index (χ3n) is 5.29. The SMILES string of the molecule is CC(C)N1CCC(c2ccc(-c3ccc(S(=O)(=O)N(C)C)cc3)nn2)CC1.Cl.Cl. The summed E-state index contributed by atoms with van der Waals surface area (Å²) in [4.78, 5) is 2.78. The van der Waals surface area contributed by atoms with Crippen molar-refractivity contribution in [2.75, 3.05) is 27.2 Å². The molecule has 9 heteroatoms. The van der Waals surface area contributed by atoms with E-state index in [2.05, 4.69) is 35.0 Å². The summed E-state index contributed by atoms with van der Waals surface area (Å²) < 4.78 is 25.5. The van der Waals surface area contributed by atoms with E-state index in [4.69, 9.17) is 0 Å². The van der Waals surface area contributed by atoms with Crippen molar-refractivity contribution in [2.45, 2.75) is 43.5 Å². The number of likely N-dealkylation sites (tertiary alicyclic amines) is 1. The van der Waals surface area contributed by atoms with Crippen molar-refractivity contribution in [1.82, 2.24) is 19.4 Å². The quantitative estimate of drug-likeness (QED) is 0.677.